The molecule has 180 valence electrons. The van der Waals surface area contributed by atoms with E-state index in [0.29, 0.717) is 17.3 Å². The lowest BCUT2D eigenvalue weighted by Crippen LogP contribution is -2.45. The molecule has 1 N–H and O–H groups in total. The number of hydrogen-bond donors (Lipinski definition) is 1. The molecule has 0 aromatic heterocycles. The number of carbonyl (C=O) groups is 2. The molecule has 3 aromatic rings. The number of halogens is 1. The first-order valence-corrected chi connectivity index (χ1v) is 12.4. The second-order valence-corrected chi connectivity index (χ2v) is 9.55. The molecule has 0 saturated carbocycles. The van der Waals surface area contributed by atoms with Gasteiger partial charge in [-0.1, -0.05) is 54.1 Å². The van der Waals surface area contributed by atoms with Crippen molar-refractivity contribution in [1.82, 2.24) is 4.90 Å². The van der Waals surface area contributed by atoms with Gasteiger partial charge >= 0.3 is 0 Å². The average molecular weight is 489 g/mol. The third kappa shape index (κ3) is 5.50. The second kappa shape index (κ2) is 10.5. The van der Waals surface area contributed by atoms with Crippen LogP contribution in [0.5, 0.6) is 0 Å². The lowest BCUT2D eigenvalue weighted by molar-refractivity contribution is -0.122. The molecule has 3 aromatic carbocycles. The zero-order valence-corrected chi connectivity index (χ0v) is 20.3. The highest BCUT2D eigenvalue weighted by Gasteiger charge is 2.35. The molecule has 35 heavy (non-hydrogen) atoms. The van der Waals surface area contributed by atoms with Crippen molar-refractivity contribution in [3.63, 3.8) is 0 Å². The van der Waals surface area contributed by atoms with Gasteiger partial charge in [-0.05, 0) is 42.0 Å². The Kier molecular flexibility index (Phi) is 7.02. The maximum atomic E-state index is 12.9. The minimum absolute atomic E-state index is 0.0833. The molecule has 5 rings (SSSR count). The Bertz CT molecular complexity index is 1180. The molecule has 0 aliphatic carbocycles. The van der Waals surface area contributed by atoms with Crippen molar-refractivity contribution in [2.45, 2.75) is 13.0 Å². The van der Waals surface area contributed by atoms with Crippen molar-refractivity contribution in [3.05, 3.63) is 89.4 Å². The number of benzene rings is 3. The molecule has 1 unspecified atom stereocenters. The number of nitrogens with zero attached hydrogens (tertiary/aromatic N) is 3. The summed E-state index contributed by atoms with van der Waals surface area (Å²) in [6, 6.07) is 25.8. The summed E-state index contributed by atoms with van der Waals surface area (Å²) in [5.74, 6) is -0.633. The normalized spacial score (nSPS) is 18.7. The largest absolute Gasteiger partial charge is 0.369 e. The van der Waals surface area contributed by atoms with Crippen LogP contribution in [0.15, 0.2) is 78.9 Å². The van der Waals surface area contributed by atoms with E-state index in [9.17, 15) is 9.59 Å². The zero-order valence-electron chi connectivity index (χ0n) is 19.6. The summed E-state index contributed by atoms with van der Waals surface area (Å²) in [5.41, 5.74) is 3.90. The van der Waals surface area contributed by atoms with Crippen molar-refractivity contribution in [2.24, 2.45) is 5.92 Å². The van der Waals surface area contributed by atoms with Gasteiger partial charge in [-0.25, -0.2) is 0 Å². The summed E-state index contributed by atoms with van der Waals surface area (Å²) in [7, 11) is 0. The van der Waals surface area contributed by atoms with Crippen molar-refractivity contribution in [2.75, 3.05) is 47.8 Å². The Morgan fingerprint density at radius 2 is 1.57 bits per heavy atom. The number of carbonyl (C=O) groups excluding carboxylic acids is 2. The van der Waals surface area contributed by atoms with E-state index in [4.69, 9.17) is 11.6 Å². The number of nitrogens with one attached hydrogen (secondary N) is 1. The summed E-state index contributed by atoms with van der Waals surface area (Å²) in [5, 5.41) is 3.49. The number of rotatable bonds is 6. The molecule has 2 aliphatic rings. The Morgan fingerprint density at radius 3 is 2.29 bits per heavy atom. The molecule has 0 spiro atoms. The minimum atomic E-state index is -0.406. The van der Waals surface area contributed by atoms with Gasteiger partial charge in [0.2, 0.25) is 11.8 Å². The number of anilines is 3. The van der Waals surface area contributed by atoms with Gasteiger partial charge in [-0.2, -0.15) is 0 Å². The van der Waals surface area contributed by atoms with Crippen molar-refractivity contribution in [1.29, 1.82) is 0 Å². The molecule has 7 heteroatoms. The van der Waals surface area contributed by atoms with Crippen molar-refractivity contribution >= 4 is 40.5 Å². The monoisotopic (exact) mass is 488 g/mol. The van der Waals surface area contributed by atoms with Gasteiger partial charge in [0.05, 0.1) is 16.6 Å². The van der Waals surface area contributed by atoms with Crippen LogP contribution in [0.3, 0.4) is 0 Å². The minimum Gasteiger partial charge on any atom is -0.369 e. The summed E-state index contributed by atoms with van der Waals surface area (Å²) < 4.78 is 0. The Labute approximate surface area is 211 Å². The van der Waals surface area contributed by atoms with Crippen molar-refractivity contribution in [3.8, 4) is 0 Å². The number of para-hydroxylation sites is 1. The predicted molar refractivity (Wildman–Crippen MR) is 141 cm³/mol. The number of amides is 2. The van der Waals surface area contributed by atoms with Crippen LogP contribution in [0.4, 0.5) is 17.1 Å². The van der Waals surface area contributed by atoms with Crippen LogP contribution in [0, 0.1) is 5.92 Å². The first kappa shape index (κ1) is 23.4. The molecular formula is C28H29ClN4O2. The molecule has 2 fully saturated rings. The summed E-state index contributed by atoms with van der Waals surface area (Å²) in [6.07, 6.45) is 0.183. The molecule has 0 radical (unpaired) electrons. The van der Waals surface area contributed by atoms with E-state index in [2.05, 4.69) is 57.6 Å². The van der Waals surface area contributed by atoms with E-state index in [1.165, 1.54) is 5.56 Å². The summed E-state index contributed by atoms with van der Waals surface area (Å²) >= 11 is 6.25. The van der Waals surface area contributed by atoms with Gasteiger partial charge in [0.1, 0.15) is 0 Å². The average Bonchev–Trinajstić information content (AvgIpc) is 3.27. The Balaban J connectivity index is 1.13. The number of piperazine rings is 1. The third-order valence-electron chi connectivity index (χ3n) is 6.76. The van der Waals surface area contributed by atoms with E-state index >= 15 is 0 Å². The molecule has 1 atom stereocenters. The van der Waals surface area contributed by atoms with Gasteiger partial charge in [-0.3, -0.25) is 14.5 Å². The molecule has 0 bridgehead atoms. The molecular weight excluding hydrogens is 460 g/mol. The van der Waals surface area contributed by atoms with E-state index in [-0.39, 0.29) is 18.2 Å². The topological polar surface area (TPSA) is 55.9 Å². The fourth-order valence-corrected chi connectivity index (χ4v) is 5.03. The van der Waals surface area contributed by atoms with Gasteiger partial charge in [-0.15, -0.1) is 0 Å². The van der Waals surface area contributed by atoms with E-state index in [1.54, 1.807) is 17.0 Å². The van der Waals surface area contributed by atoms with Crippen LogP contribution in [0.1, 0.15) is 12.0 Å². The fourth-order valence-electron chi connectivity index (χ4n) is 4.79. The molecule has 6 nitrogen and oxygen atoms in total. The van der Waals surface area contributed by atoms with Crippen LogP contribution in [-0.4, -0.2) is 49.4 Å². The molecule has 2 heterocycles. The van der Waals surface area contributed by atoms with Gasteiger partial charge in [0.25, 0.3) is 0 Å². The zero-order chi connectivity index (χ0) is 24.2. The van der Waals surface area contributed by atoms with Gasteiger partial charge in [0.15, 0.2) is 0 Å². The van der Waals surface area contributed by atoms with Crippen LogP contribution in [0.2, 0.25) is 5.02 Å². The fraction of sp³-hybridized carbons (Fsp3) is 0.286. The smallest absolute Gasteiger partial charge is 0.229 e. The summed E-state index contributed by atoms with van der Waals surface area (Å²) in [4.78, 5) is 31.8. The highest BCUT2D eigenvalue weighted by atomic mass is 35.5. The van der Waals surface area contributed by atoms with Crippen LogP contribution in [0.25, 0.3) is 0 Å². The molecule has 2 saturated heterocycles. The quantitative estimate of drug-likeness (QED) is 0.548. The van der Waals surface area contributed by atoms with Crippen molar-refractivity contribution < 1.29 is 9.59 Å². The SMILES string of the molecule is O=C(Nc1ccc(N2CCN(Cc3ccccc3)CC2)cc1)C1CC(=O)N(c2ccccc2Cl)C1. The standard InChI is InChI=1S/C28H29ClN4O2/c29-25-8-4-5-9-26(25)33-20-22(18-27(33)34)28(35)30-23-10-12-24(13-11-23)32-16-14-31(15-17-32)19-21-6-2-1-3-7-21/h1-13,22H,14-20H2,(H,30,35). The lowest BCUT2D eigenvalue weighted by Gasteiger charge is -2.36. The van der Waals surface area contributed by atoms with Gasteiger partial charge < -0.3 is 15.1 Å². The summed E-state index contributed by atoms with van der Waals surface area (Å²) in [6.45, 7) is 5.30. The van der Waals surface area contributed by atoms with Gasteiger partial charge in [0, 0.05) is 57.1 Å². The van der Waals surface area contributed by atoms with Crippen LogP contribution in [-0.2, 0) is 16.1 Å². The first-order chi connectivity index (χ1) is 17.1. The van der Waals surface area contributed by atoms with E-state index in [1.807, 2.05) is 24.3 Å². The lowest BCUT2D eigenvalue weighted by atomic mass is 10.1. The highest BCUT2D eigenvalue weighted by Crippen LogP contribution is 2.31. The Morgan fingerprint density at radius 1 is 0.886 bits per heavy atom. The third-order valence-corrected chi connectivity index (χ3v) is 7.08. The maximum absolute atomic E-state index is 12.9. The van der Waals surface area contributed by atoms with Crippen LogP contribution < -0.4 is 15.1 Å². The van der Waals surface area contributed by atoms with Crippen LogP contribution >= 0.6 is 11.6 Å². The van der Waals surface area contributed by atoms with E-state index in [0.717, 1.165) is 44.1 Å². The molecule has 2 aliphatic heterocycles. The Hall–Kier alpha value is -3.35. The predicted octanol–water partition coefficient (Wildman–Crippen LogP) is 4.65. The second-order valence-electron chi connectivity index (χ2n) is 9.14. The first-order valence-electron chi connectivity index (χ1n) is 12.0. The molecule has 2 amide bonds. The highest BCUT2D eigenvalue weighted by molar-refractivity contribution is 6.33. The maximum Gasteiger partial charge on any atom is 0.229 e. The van der Waals surface area contributed by atoms with E-state index < -0.39 is 5.92 Å². The number of hydrogen-bond acceptors (Lipinski definition) is 4.